The van der Waals surface area contributed by atoms with Crippen LogP contribution in [0.4, 0.5) is 0 Å². The predicted octanol–water partition coefficient (Wildman–Crippen LogP) is -1.76. The fourth-order valence-corrected chi connectivity index (χ4v) is 2.36. The standard InChI is InChI=1S/C10H18N2O4/c11-2-1-7-12-8-6(16-7)3-5(4-13)9(14)10(8)15/h5-6,8-10,13-15H,1-4,11H2/t5-,6+,8+,9-,10-/m1/s1. The normalized spacial score (nSPS) is 42.5. The number of nitrogens with two attached hydrogens (primary N) is 1. The van der Waals surface area contributed by atoms with Crippen LogP contribution in [-0.2, 0) is 4.74 Å². The molecule has 0 unspecified atom stereocenters. The largest absolute Gasteiger partial charge is 0.475 e. The number of rotatable bonds is 3. The Bertz CT molecular complexity index is 284. The molecule has 2 aliphatic rings. The van der Waals surface area contributed by atoms with E-state index in [-0.39, 0.29) is 18.6 Å². The van der Waals surface area contributed by atoms with Crippen LogP contribution in [0.15, 0.2) is 4.99 Å². The van der Waals surface area contributed by atoms with Crippen molar-refractivity contribution in [3.63, 3.8) is 0 Å². The van der Waals surface area contributed by atoms with Crippen LogP contribution in [0.25, 0.3) is 0 Å². The van der Waals surface area contributed by atoms with Crippen molar-refractivity contribution < 1.29 is 20.1 Å². The molecule has 1 saturated carbocycles. The Morgan fingerprint density at radius 1 is 1.38 bits per heavy atom. The molecule has 0 amide bonds. The quantitative estimate of drug-likeness (QED) is 0.459. The number of aliphatic hydroxyl groups excluding tert-OH is 3. The number of hydrogen-bond donors (Lipinski definition) is 4. The van der Waals surface area contributed by atoms with E-state index in [2.05, 4.69) is 4.99 Å². The molecule has 6 nitrogen and oxygen atoms in total. The first kappa shape index (κ1) is 11.8. The molecule has 2 rings (SSSR count). The first-order valence-electron chi connectivity index (χ1n) is 5.57. The van der Waals surface area contributed by atoms with Crippen LogP contribution in [-0.4, -0.2) is 58.7 Å². The molecule has 0 aromatic rings. The lowest BCUT2D eigenvalue weighted by Gasteiger charge is -2.36. The molecule has 0 aromatic heterocycles. The minimum absolute atomic E-state index is 0.156. The number of fused-ring (bicyclic) bond motifs is 1. The topological polar surface area (TPSA) is 108 Å². The number of aliphatic imine (C=N–C) groups is 1. The van der Waals surface area contributed by atoms with E-state index < -0.39 is 18.2 Å². The molecule has 1 fully saturated rings. The van der Waals surface area contributed by atoms with Crippen molar-refractivity contribution in [2.24, 2.45) is 16.6 Å². The highest BCUT2D eigenvalue weighted by atomic mass is 16.5. The number of hydrogen-bond acceptors (Lipinski definition) is 6. The minimum Gasteiger partial charge on any atom is -0.475 e. The fourth-order valence-electron chi connectivity index (χ4n) is 2.36. The lowest BCUT2D eigenvalue weighted by Crippen LogP contribution is -2.52. The van der Waals surface area contributed by atoms with Gasteiger partial charge in [0.25, 0.3) is 0 Å². The lowest BCUT2D eigenvalue weighted by atomic mass is 9.80. The Hall–Kier alpha value is -0.690. The van der Waals surface area contributed by atoms with Crippen molar-refractivity contribution in [1.82, 2.24) is 0 Å². The van der Waals surface area contributed by atoms with Gasteiger partial charge in [-0.15, -0.1) is 0 Å². The third kappa shape index (κ3) is 1.93. The van der Waals surface area contributed by atoms with Gasteiger partial charge in [-0.1, -0.05) is 0 Å². The van der Waals surface area contributed by atoms with Gasteiger partial charge in [0.1, 0.15) is 18.2 Å². The highest BCUT2D eigenvalue weighted by Gasteiger charge is 2.47. The van der Waals surface area contributed by atoms with Crippen molar-refractivity contribution in [3.8, 4) is 0 Å². The Morgan fingerprint density at radius 3 is 2.75 bits per heavy atom. The zero-order valence-corrected chi connectivity index (χ0v) is 8.99. The number of aliphatic hydroxyl groups is 3. The molecular weight excluding hydrogens is 212 g/mol. The zero-order valence-electron chi connectivity index (χ0n) is 8.99. The summed E-state index contributed by atoms with van der Waals surface area (Å²) in [6.45, 7) is 0.289. The van der Waals surface area contributed by atoms with Gasteiger partial charge in [-0.05, 0) is 6.42 Å². The van der Waals surface area contributed by atoms with Crippen molar-refractivity contribution in [1.29, 1.82) is 0 Å². The Labute approximate surface area is 93.7 Å². The molecule has 5 N–H and O–H groups in total. The molecule has 0 bridgehead atoms. The first-order chi connectivity index (χ1) is 7.67. The first-order valence-corrected chi connectivity index (χ1v) is 5.57. The van der Waals surface area contributed by atoms with Gasteiger partial charge < -0.3 is 25.8 Å². The molecule has 16 heavy (non-hydrogen) atoms. The average Bonchev–Trinajstić information content (AvgIpc) is 2.67. The second kappa shape index (κ2) is 4.67. The maximum Gasteiger partial charge on any atom is 0.185 e. The Balaban J connectivity index is 2.08. The maximum atomic E-state index is 9.86. The maximum absolute atomic E-state index is 9.86. The highest BCUT2D eigenvalue weighted by Crippen LogP contribution is 2.33. The van der Waals surface area contributed by atoms with Crippen LogP contribution < -0.4 is 5.73 Å². The minimum atomic E-state index is -0.967. The molecule has 0 saturated heterocycles. The summed E-state index contributed by atoms with van der Waals surface area (Å²) in [5.41, 5.74) is 5.40. The van der Waals surface area contributed by atoms with Gasteiger partial charge in [0.2, 0.25) is 0 Å². The average molecular weight is 230 g/mol. The van der Waals surface area contributed by atoms with Crippen LogP contribution in [0.3, 0.4) is 0 Å². The SMILES string of the molecule is NCCC1=N[C@@H]2[C@@H](O)[C@H](O)[C@@H](CO)C[C@@H]2O1. The van der Waals surface area contributed by atoms with Gasteiger partial charge >= 0.3 is 0 Å². The number of ether oxygens (including phenoxy) is 1. The van der Waals surface area contributed by atoms with Crippen molar-refractivity contribution >= 4 is 5.90 Å². The summed E-state index contributed by atoms with van der Waals surface area (Å²) in [6, 6.07) is -0.417. The van der Waals surface area contributed by atoms with E-state index in [9.17, 15) is 10.2 Å². The summed E-state index contributed by atoms with van der Waals surface area (Å²) in [6.07, 6.45) is -1.09. The smallest absolute Gasteiger partial charge is 0.185 e. The van der Waals surface area contributed by atoms with Crippen molar-refractivity contribution in [2.45, 2.75) is 37.2 Å². The highest BCUT2D eigenvalue weighted by molar-refractivity contribution is 5.78. The Morgan fingerprint density at radius 2 is 2.12 bits per heavy atom. The third-order valence-electron chi connectivity index (χ3n) is 3.27. The molecule has 0 spiro atoms. The van der Waals surface area contributed by atoms with Gasteiger partial charge in [-0.2, -0.15) is 0 Å². The molecule has 1 aliphatic carbocycles. The van der Waals surface area contributed by atoms with Crippen LogP contribution >= 0.6 is 0 Å². The molecule has 1 heterocycles. The van der Waals surface area contributed by atoms with Crippen molar-refractivity contribution in [2.75, 3.05) is 13.2 Å². The predicted molar refractivity (Wildman–Crippen MR) is 57.0 cm³/mol. The van der Waals surface area contributed by atoms with E-state index in [0.29, 0.717) is 25.3 Å². The van der Waals surface area contributed by atoms with E-state index in [1.54, 1.807) is 0 Å². The molecule has 1 aliphatic heterocycles. The molecule has 0 radical (unpaired) electrons. The van der Waals surface area contributed by atoms with Crippen LogP contribution in [0.5, 0.6) is 0 Å². The van der Waals surface area contributed by atoms with Crippen molar-refractivity contribution in [3.05, 3.63) is 0 Å². The molecule has 92 valence electrons. The summed E-state index contributed by atoms with van der Waals surface area (Å²) in [5, 5.41) is 28.7. The van der Waals surface area contributed by atoms with Crippen LogP contribution in [0.1, 0.15) is 12.8 Å². The molecule has 6 heteroatoms. The van der Waals surface area contributed by atoms with Crippen LogP contribution in [0, 0.1) is 5.92 Å². The van der Waals surface area contributed by atoms with Gasteiger partial charge in [0, 0.05) is 25.5 Å². The molecular formula is C10H18N2O4. The van der Waals surface area contributed by atoms with Gasteiger partial charge in [-0.25, -0.2) is 4.99 Å². The van der Waals surface area contributed by atoms with E-state index in [0.717, 1.165) is 0 Å². The summed E-state index contributed by atoms with van der Waals surface area (Å²) in [4.78, 5) is 4.22. The van der Waals surface area contributed by atoms with Gasteiger partial charge in [-0.3, -0.25) is 0 Å². The number of nitrogens with zero attached hydrogens (tertiary/aromatic N) is 1. The second-order valence-corrected chi connectivity index (χ2v) is 4.37. The second-order valence-electron chi connectivity index (χ2n) is 4.37. The monoisotopic (exact) mass is 230 g/mol. The molecule has 0 aromatic carbocycles. The van der Waals surface area contributed by atoms with Gasteiger partial charge in [0.15, 0.2) is 5.90 Å². The van der Waals surface area contributed by atoms with E-state index in [4.69, 9.17) is 15.6 Å². The lowest BCUT2D eigenvalue weighted by molar-refractivity contribution is -0.0947. The van der Waals surface area contributed by atoms with Gasteiger partial charge in [0.05, 0.1) is 6.10 Å². The van der Waals surface area contributed by atoms with E-state index in [1.807, 2.05) is 0 Å². The Kier molecular flexibility index (Phi) is 3.44. The summed E-state index contributed by atoms with van der Waals surface area (Å²) < 4.78 is 5.54. The fraction of sp³-hybridized carbons (Fsp3) is 0.900. The van der Waals surface area contributed by atoms with E-state index in [1.165, 1.54) is 0 Å². The summed E-state index contributed by atoms with van der Waals surface area (Å²) in [7, 11) is 0. The zero-order chi connectivity index (χ0) is 11.7. The van der Waals surface area contributed by atoms with E-state index >= 15 is 0 Å². The van der Waals surface area contributed by atoms with Crippen LogP contribution in [0.2, 0.25) is 0 Å². The summed E-state index contributed by atoms with van der Waals surface area (Å²) >= 11 is 0. The third-order valence-corrected chi connectivity index (χ3v) is 3.27. The molecule has 5 atom stereocenters. The summed E-state index contributed by atoms with van der Waals surface area (Å²) in [5.74, 6) is 0.200.